The van der Waals surface area contributed by atoms with Gasteiger partial charge in [-0.3, -0.25) is 0 Å². The Bertz CT molecular complexity index is 295. The molecule has 0 radical (unpaired) electrons. The summed E-state index contributed by atoms with van der Waals surface area (Å²) in [5.74, 6) is -0.874. The van der Waals surface area contributed by atoms with Gasteiger partial charge in [0.05, 0.1) is 0 Å². The molecule has 0 aliphatic heterocycles. The van der Waals surface area contributed by atoms with Crippen molar-refractivity contribution in [3.8, 4) is 0 Å². The molecule has 72 valence electrons. The van der Waals surface area contributed by atoms with Crippen molar-refractivity contribution in [2.45, 2.75) is 6.18 Å². The standard InChI is InChI=1S/C7H8F3N3/c1-13(2)5-3-4-11-6(12-5)7(8,9)10/h3-4H,1-2H3. The van der Waals surface area contributed by atoms with Crippen molar-refractivity contribution in [2.75, 3.05) is 19.0 Å². The summed E-state index contributed by atoms with van der Waals surface area (Å²) in [6, 6.07) is 1.41. The molecule has 0 N–H and O–H groups in total. The van der Waals surface area contributed by atoms with E-state index in [2.05, 4.69) is 9.97 Å². The highest BCUT2D eigenvalue weighted by molar-refractivity contribution is 5.35. The Morgan fingerprint density at radius 3 is 2.38 bits per heavy atom. The van der Waals surface area contributed by atoms with Crippen LogP contribution in [0.25, 0.3) is 0 Å². The quantitative estimate of drug-likeness (QED) is 0.674. The summed E-state index contributed by atoms with van der Waals surface area (Å²) in [6.45, 7) is 0. The zero-order valence-corrected chi connectivity index (χ0v) is 7.13. The first-order chi connectivity index (χ1) is 5.91. The van der Waals surface area contributed by atoms with E-state index in [1.165, 1.54) is 11.0 Å². The molecule has 0 atom stereocenters. The first-order valence-corrected chi connectivity index (χ1v) is 3.49. The monoisotopic (exact) mass is 191 g/mol. The van der Waals surface area contributed by atoms with E-state index in [1.54, 1.807) is 14.1 Å². The van der Waals surface area contributed by atoms with E-state index in [1.807, 2.05) is 0 Å². The highest BCUT2D eigenvalue weighted by Gasteiger charge is 2.34. The van der Waals surface area contributed by atoms with Crippen LogP contribution in [0.2, 0.25) is 0 Å². The van der Waals surface area contributed by atoms with Crippen LogP contribution in [-0.2, 0) is 6.18 Å². The van der Waals surface area contributed by atoms with Gasteiger partial charge in [-0.1, -0.05) is 0 Å². The lowest BCUT2D eigenvalue weighted by molar-refractivity contribution is -0.144. The molecule has 6 heteroatoms. The van der Waals surface area contributed by atoms with Crippen LogP contribution >= 0.6 is 0 Å². The van der Waals surface area contributed by atoms with E-state index in [0.29, 0.717) is 0 Å². The average Bonchev–Trinajstić information content (AvgIpc) is 2.03. The summed E-state index contributed by atoms with van der Waals surface area (Å²) < 4.78 is 36.3. The van der Waals surface area contributed by atoms with Crippen LogP contribution in [0.15, 0.2) is 12.3 Å². The van der Waals surface area contributed by atoms with Crippen LogP contribution in [-0.4, -0.2) is 24.1 Å². The van der Waals surface area contributed by atoms with E-state index in [-0.39, 0.29) is 5.82 Å². The van der Waals surface area contributed by atoms with Crippen molar-refractivity contribution in [1.82, 2.24) is 9.97 Å². The summed E-state index contributed by atoms with van der Waals surface area (Å²) in [5, 5.41) is 0. The van der Waals surface area contributed by atoms with Gasteiger partial charge in [-0.2, -0.15) is 13.2 Å². The average molecular weight is 191 g/mol. The molecule has 0 unspecified atom stereocenters. The number of anilines is 1. The molecular formula is C7H8F3N3. The van der Waals surface area contributed by atoms with Crippen LogP contribution in [0, 0.1) is 0 Å². The molecule has 1 aromatic heterocycles. The number of nitrogens with zero attached hydrogens (tertiary/aromatic N) is 3. The molecule has 1 rings (SSSR count). The summed E-state index contributed by atoms with van der Waals surface area (Å²) in [5.41, 5.74) is 0. The van der Waals surface area contributed by atoms with Crippen molar-refractivity contribution in [3.05, 3.63) is 18.1 Å². The number of halogens is 3. The third-order valence-corrected chi connectivity index (χ3v) is 1.35. The van der Waals surface area contributed by atoms with Crippen LogP contribution in [0.5, 0.6) is 0 Å². The Morgan fingerprint density at radius 2 is 1.92 bits per heavy atom. The Hall–Kier alpha value is -1.33. The first-order valence-electron chi connectivity index (χ1n) is 3.49. The molecule has 0 fully saturated rings. The van der Waals surface area contributed by atoms with Crippen LogP contribution in [0.1, 0.15) is 5.82 Å². The van der Waals surface area contributed by atoms with E-state index in [9.17, 15) is 13.2 Å². The Kier molecular flexibility index (Phi) is 2.40. The van der Waals surface area contributed by atoms with Crippen molar-refractivity contribution >= 4 is 5.82 Å². The van der Waals surface area contributed by atoms with Crippen molar-refractivity contribution in [3.63, 3.8) is 0 Å². The van der Waals surface area contributed by atoms with Crippen molar-refractivity contribution in [1.29, 1.82) is 0 Å². The van der Waals surface area contributed by atoms with Gasteiger partial charge in [-0.05, 0) is 6.07 Å². The molecule has 3 nitrogen and oxygen atoms in total. The maximum Gasteiger partial charge on any atom is 0.451 e. The molecule has 0 saturated heterocycles. The van der Waals surface area contributed by atoms with Crippen LogP contribution in [0.4, 0.5) is 19.0 Å². The fourth-order valence-electron chi connectivity index (χ4n) is 0.735. The zero-order valence-electron chi connectivity index (χ0n) is 7.13. The minimum absolute atomic E-state index is 0.238. The van der Waals surface area contributed by atoms with Gasteiger partial charge in [0.1, 0.15) is 5.82 Å². The third kappa shape index (κ3) is 2.30. The largest absolute Gasteiger partial charge is 0.451 e. The molecule has 1 heterocycles. The van der Waals surface area contributed by atoms with Gasteiger partial charge in [0.2, 0.25) is 5.82 Å². The predicted octanol–water partition coefficient (Wildman–Crippen LogP) is 1.56. The highest BCUT2D eigenvalue weighted by Crippen LogP contribution is 2.26. The Labute approximate surface area is 73.2 Å². The van der Waals surface area contributed by atoms with E-state index < -0.39 is 12.0 Å². The topological polar surface area (TPSA) is 29.0 Å². The van der Waals surface area contributed by atoms with Crippen molar-refractivity contribution in [2.24, 2.45) is 0 Å². The van der Waals surface area contributed by atoms with Crippen LogP contribution in [0.3, 0.4) is 0 Å². The number of hydrogen-bond acceptors (Lipinski definition) is 3. The first kappa shape index (κ1) is 9.76. The molecule has 0 bridgehead atoms. The van der Waals surface area contributed by atoms with Gasteiger partial charge in [0.25, 0.3) is 0 Å². The highest BCUT2D eigenvalue weighted by atomic mass is 19.4. The lowest BCUT2D eigenvalue weighted by atomic mass is 10.5. The van der Waals surface area contributed by atoms with E-state index in [0.717, 1.165) is 6.20 Å². The van der Waals surface area contributed by atoms with Crippen LogP contribution < -0.4 is 4.90 Å². The van der Waals surface area contributed by atoms with E-state index in [4.69, 9.17) is 0 Å². The smallest absolute Gasteiger partial charge is 0.363 e. The summed E-state index contributed by atoms with van der Waals surface area (Å²) in [6.07, 6.45) is -3.39. The lowest BCUT2D eigenvalue weighted by Crippen LogP contribution is -2.16. The van der Waals surface area contributed by atoms with Gasteiger partial charge >= 0.3 is 6.18 Å². The molecule has 0 aromatic carbocycles. The van der Waals surface area contributed by atoms with Crippen molar-refractivity contribution < 1.29 is 13.2 Å². The Morgan fingerprint density at radius 1 is 1.31 bits per heavy atom. The summed E-state index contributed by atoms with van der Waals surface area (Å²) >= 11 is 0. The SMILES string of the molecule is CN(C)c1ccnc(C(F)(F)F)n1. The third-order valence-electron chi connectivity index (χ3n) is 1.35. The summed E-state index contributed by atoms with van der Waals surface area (Å²) in [4.78, 5) is 7.95. The molecule has 1 aromatic rings. The van der Waals surface area contributed by atoms with Gasteiger partial charge in [0, 0.05) is 20.3 Å². The lowest BCUT2D eigenvalue weighted by Gasteiger charge is -2.12. The fourth-order valence-corrected chi connectivity index (χ4v) is 0.735. The number of aromatic nitrogens is 2. The fraction of sp³-hybridized carbons (Fsp3) is 0.429. The second-order valence-electron chi connectivity index (χ2n) is 2.63. The van der Waals surface area contributed by atoms with Gasteiger partial charge in [-0.15, -0.1) is 0 Å². The predicted molar refractivity (Wildman–Crippen MR) is 41.4 cm³/mol. The minimum Gasteiger partial charge on any atom is -0.363 e. The second kappa shape index (κ2) is 3.20. The molecular weight excluding hydrogens is 183 g/mol. The maximum atomic E-state index is 12.1. The number of alkyl halides is 3. The molecule has 0 saturated carbocycles. The normalized spacial score (nSPS) is 11.5. The van der Waals surface area contributed by atoms with Gasteiger partial charge in [0.15, 0.2) is 0 Å². The number of rotatable bonds is 1. The Balaban J connectivity index is 3.06. The molecule has 0 aliphatic carbocycles. The molecule has 0 amide bonds. The number of hydrogen-bond donors (Lipinski definition) is 0. The minimum atomic E-state index is -4.48. The maximum absolute atomic E-state index is 12.1. The molecule has 0 aliphatic rings. The second-order valence-corrected chi connectivity index (χ2v) is 2.63. The molecule has 0 spiro atoms. The summed E-state index contributed by atoms with van der Waals surface area (Å²) in [7, 11) is 3.23. The van der Waals surface area contributed by atoms with Gasteiger partial charge in [-0.25, -0.2) is 9.97 Å². The molecule has 13 heavy (non-hydrogen) atoms. The van der Waals surface area contributed by atoms with Gasteiger partial charge < -0.3 is 4.90 Å². The van der Waals surface area contributed by atoms with E-state index >= 15 is 0 Å². The zero-order chi connectivity index (χ0) is 10.1.